The van der Waals surface area contributed by atoms with Gasteiger partial charge in [0.2, 0.25) is 0 Å². The maximum atomic E-state index is 5.93. The van der Waals surface area contributed by atoms with Gasteiger partial charge in [0.15, 0.2) is 0 Å². The minimum absolute atomic E-state index is 0.668. The Morgan fingerprint density at radius 1 is 1.25 bits per heavy atom. The maximum Gasteiger partial charge on any atom is 0.0468 e. The van der Waals surface area contributed by atoms with Crippen LogP contribution in [0, 0.1) is 5.92 Å². The molecule has 0 bridgehead atoms. The first-order chi connectivity index (χ1) is 7.81. The average Bonchev–Trinajstić information content (AvgIpc) is 2.34. The minimum atomic E-state index is 0.668. The molecule has 2 heteroatoms. The van der Waals surface area contributed by atoms with Crippen molar-refractivity contribution in [1.29, 1.82) is 0 Å². The summed E-state index contributed by atoms with van der Waals surface area (Å²) >= 11 is 5.93. The Morgan fingerprint density at radius 3 is 2.44 bits per heavy atom. The molecule has 1 aromatic carbocycles. The summed E-state index contributed by atoms with van der Waals surface area (Å²) < 4.78 is 5.43. The molecular weight excluding hydrogens is 220 g/mol. The van der Waals surface area contributed by atoms with E-state index in [0.29, 0.717) is 5.92 Å². The number of ether oxygens (including phenoxy) is 1. The summed E-state index contributed by atoms with van der Waals surface area (Å²) in [6, 6.07) is 8.34. The van der Waals surface area contributed by atoms with Crippen molar-refractivity contribution in [1.82, 2.24) is 0 Å². The minimum Gasteiger partial charge on any atom is -0.381 e. The lowest BCUT2D eigenvalue weighted by Crippen LogP contribution is -2.21. The van der Waals surface area contributed by atoms with Crippen molar-refractivity contribution in [3.8, 4) is 0 Å². The van der Waals surface area contributed by atoms with Crippen molar-refractivity contribution in [2.75, 3.05) is 13.2 Å². The number of halogens is 1. The van der Waals surface area contributed by atoms with Crippen LogP contribution in [0.1, 0.15) is 37.7 Å². The topological polar surface area (TPSA) is 9.23 Å². The SMILES string of the molecule is CCC(c1ccc(Cl)cc1)C1CCOCC1. The Labute approximate surface area is 103 Å². The second kappa shape index (κ2) is 5.70. The van der Waals surface area contributed by atoms with E-state index < -0.39 is 0 Å². The summed E-state index contributed by atoms with van der Waals surface area (Å²) in [6.45, 7) is 4.12. The second-order valence-corrected chi connectivity index (χ2v) is 4.95. The Kier molecular flexibility index (Phi) is 4.25. The summed E-state index contributed by atoms with van der Waals surface area (Å²) in [5, 5.41) is 0.825. The lowest BCUT2D eigenvalue weighted by atomic mass is 9.80. The van der Waals surface area contributed by atoms with Crippen LogP contribution in [0.15, 0.2) is 24.3 Å². The van der Waals surface area contributed by atoms with Crippen molar-refractivity contribution in [2.45, 2.75) is 32.1 Å². The monoisotopic (exact) mass is 238 g/mol. The number of benzene rings is 1. The van der Waals surface area contributed by atoms with Gasteiger partial charge in [-0.05, 0) is 48.8 Å². The molecule has 1 aliphatic heterocycles. The standard InChI is InChI=1S/C14H19ClO/c1-2-14(12-7-9-16-10-8-12)11-3-5-13(15)6-4-11/h3-6,12,14H,2,7-10H2,1H3. The van der Waals surface area contributed by atoms with Crippen molar-refractivity contribution in [3.05, 3.63) is 34.9 Å². The largest absolute Gasteiger partial charge is 0.381 e. The van der Waals surface area contributed by atoms with Crippen LogP contribution >= 0.6 is 11.6 Å². The first kappa shape index (κ1) is 11.9. The summed E-state index contributed by atoms with van der Waals surface area (Å²) in [4.78, 5) is 0. The molecule has 0 spiro atoms. The van der Waals surface area contributed by atoms with Gasteiger partial charge in [0.25, 0.3) is 0 Å². The van der Waals surface area contributed by atoms with E-state index in [-0.39, 0.29) is 0 Å². The molecule has 0 radical (unpaired) electrons. The maximum absolute atomic E-state index is 5.93. The van der Waals surface area contributed by atoms with Gasteiger partial charge in [0, 0.05) is 18.2 Å². The Hall–Kier alpha value is -0.530. The molecule has 0 N–H and O–H groups in total. The quantitative estimate of drug-likeness (QED) is 0.765. The highest BCUT2D eigenvalue weighted by molar-refractivity contribution is 6.30. The molecule has 0 aromatic heterocycles. The van der Waals surface area contributed by atoms with Crippen LogP contribution < -0.4 is 0 Å². The second-order valence-electron chi connectivity index (χ2n) is 4.52. The van der Waals surface area contributed by atoms with Gasteiger partial charge < -0.3 is 4.74 Å². The van der Waals surface area contributed by atoms with E-state index in [2.05, 4.69) is 19.1 Å². The molecular formula is C14H19ClO. The van der Waals surface area contributed by atoms with E-state index in [1.807, 2.05) is 12.1 Å². The fraction of sp³-hybridized carbons (Fsp3) is 0.571. The third-order valence-corrected chi connectivity index (χ3v) is 3.82. The Bertz CT molecular complexity index is 314. The highest BCUT2D eigenvalue weighted by Crippen LogP contribution is 2.34. The fourth-order valence-electron chi connectivity index (χ4n) is 2.67. The summed E-state index contributed by atoms with van der Waals surface area (Å²) in [5.74, 6) is 1.45. The van der Waals surface area contributed by atoms with Gasteiger partial charge in [-0.2, -0.15) is 0 Å². The Balaban J connectivity index is 2.11. The van der Waals surface area contributed by atoms with Crippen LogP contribution in [0.3, 0.4) is 0 Å². The summed E-state index contributed by atoms with van der Waals surface area (Å²) in [5.41, 5.74) is 1.43. The fourth-order valence-corrected chi connectivity index (χ4v) is 2.80. The van der Waals surface area contributed by atoms with E-state index in [4.69, 9.17) is 16.3 Å². The van der Waals surface area contributed by atoms with Gasteiger partial charge in [-0.3, -0.25) is 0 Å². The predicted octanol–water partition coefficient (Wildman–Crippen LogP) is 4.26. The van der Waals surface area contributed by atoms with Crippen LogP contribution in [0.5, 0.6) is 0 Å². The van der Waals surface area contributed by atoms with E-state index in [1.165, 1.54) is 24.8 Å². The molecule has 1 saturated heterocycles. The normalized spacial score (nSPS) is 19.6. The van der Waals surface area contributed by atoms with Gasteiger partial charge in [0.05, 0.1) is 0 Å². The Morgan fingerprint density at radius 2 is 1.88 bits per heavy atom. The molecule has 1 fully saturated rings. The molecule has 16 heavy (non-hydrogen) atoms. The van der Waals surface area contributed by atoms with Gasteiger partial charge in [-0.25, -0.2) is 0 Å². The zero-order valence-corrected chi connectivity index (χ0v) is 10.5. The van der Waals surface area contributed by atoms with E-state index in [9.17, 15) is 0 Å². The van der Waals surface area contributed by atoms with Crippen LogP contribution in [0.4, 0.5) is 0 Å². The molecule has 88 valence electrons. The number of hydrogen-bond acceptors (Lipinski definition) is 1. The molecule has 0 saturated carbocycles. The molecule has 1 nitrogen and oxygen atoms in total. The van der Waals surface area contributed by atoms with Crippen molar-refractivity contribution < 1.29 is 4.74 Å². The lowest BCUT2D eigenvalue weighted by Gasteiger charge is -2.30. The molecule has 1 aliphatic rings. The first-order valence-corrected chi connectivity index (χ1v) is 6.52. The zero-order valence-electron chi connectivity index (χ0n) is 9.79. The van der Waals surface area contributed by atoms with Gasteiger partial charge in [-0.15, -0.1) is 0 Å². The molecule has 0 aliphatic carbocycles. The van der Waals surface area contributed by atoms with Crippen LogP contribution in [0.25, 0.3) is 0 Å². The summed E-state index contributed by atoms with van der Waals surface area (Å²) in [6.07, 6.45) is 3.59. The lowest BCUT2D eigenvalue weighted by molar-refractivity contribution is 0.0573. The molecule has 1 unspecified atom stereocenters. The third kappa shape index (κ3) is 2.78. The van der Waals surface area contributed by atoms with Crippen LogP contribution in [-0.2, 0) is 4.74 Å². The van der Waals surface area contributed by atoms with E-state index in [0.717, 1.165) is 24.2 Å². The third-order valence-electron chi connectivity index (χ3n) is 3.57. The zero-order chi connectivity index (χ0) is 11.4. The molecule has 0 amide bonds. The molecule has 1 aromatic rings. The smallest absolute Gasteiger partial charge is 0.0468 e. The highest BCUT2D eigenvalue weighted by atomic mass is 35.5. The van der Waals surface area contributed by atoms with Crippen LogP contribution in [-0.4, -0.2) is 13.2 Å². The first-order valence-electron chi connectivity index (χ1n) is 6.14. The van der Waals surface area contributed by atoms with Gasteiger partial charge in [-0.1, -0.05) is 30.7 Å². The number of rotatable bonds is 3. The van der Waals surface area contributed by atoms with Crippen molar-refractivity contribution >= 4 is 11.6 Å². The average molecular weight is 239 g/mol. The van der Waals surface area contributed by atoms with E-state index >= 15 is 0 Å². The van der Waals surface area contributed by atoms with Gasteiger partial charge in [0.1, 0.15) is 0 Å². The molecule has 2 rings (SSSR count). The van der Waals surface area contributed by atoms with Gasteiger partial charge >= 0.3 is 0 Å². The predicted molar refractivity (Wildman–Crippen MR) is 68.0 cm³/mol. The molecule has 1 heterocycles. The van der Waals surface area contributed by atoms with E-state index in [1.54, 1.807) is 0 Å². The molecule has 1 atom stereocenters. The van der Waals surface area contributed by atoms with Crippen molar-refractivity contribution in [3.63, 3.8) is 0 Å². The summed E-state index contributed by atoms with van der Waals surface area (Å²) in [7, 11) is 0. The highest BCUT2D eigenvalue weighted by Gasteiger charge is 2.23. The van der Waals surface area contributed by atoms with Crippen molar-refractivity contribution in [2.24, 2.45) is 5.92 Å². The van der Waals surface area contributed by atoms with Crippen LogP contribution in [0.2, 0.25) is 5.02 Å². The number of hydrogen-bond donors (Lipinski definition) is 0.